The highest BCUT2D eigenvalue weighted by Crippen LogP contribution is 2.33. The van der Waals surface area contributed by atoms with Crippen molar-refractivity contribution in [1.29, 1.82) is 0 Å². The molecule has 0 radical (unpaired) electrons. The number of nitrogen functional groups attached to an aromatic ring is 1. The summed E-state index contributed by atoms with van der Waals surface area (Å²) in [4.78, 5) is 16.7. The van der Waals surface area contributed by atoms with Crippen LogP contribution in [0.3, 0.4) is 0 Å². The van der Waals surface area contributed by atoms with E-state index < -0.39 is 0 Å². The minimum absolute atomic E-state index is 0.283. The molecule has 0 saturated carbocycles. The lowest BCUT2D eigenvalue weighted by atomic mass is 10.0. The summed E-state index contributed by atoms with van der Waals surface area (Å²) in [6, 6.07) is 16.0. The number of rotatable bonds is 3. The van der Waals surface area contributed by atoms with Crippen molar-refractivity contribution in [2.75, 3.05) is 5.73 Å². The highest BCUT2D eigenvalue weighted by atomic mass is 19.1. The van der Waals surface area contributed by atoms with Gasteiger partial charge < -0.3 is 10.7 Å². The fourth-order valence-corrected chi connectivity index (χ4v) is 3.91. The molecule has 4 N–H and O–H groups in total. The Hall–Kier alpha value is -4.59. The maximum absolute atomic E-state index is 13.8. The first kappa shape index (κ1) is 18.2. The number of H-pyrrole nitrogens is 2. The molecule has 5 aromatic heterocycles. The van der Waals surface area contributed by atoms with Crippen LogP contribution >= 0.6 is 0 Å². The monoisotopic (exact) mass is 421 g/mol. The molecule has 0 saturated heterocycles. The maximum Gasteiger partial charge on any atom is 0.138 e. The number of fused-ring (bicyclic) bond motifs is 2. The first-order valence-corrected chi connectivity index (χ1v) is 9.96. The van der Waals surface area contributed by atoms with Crippen molar-refractivity contribution < 1.29 is 4.39 Å². The Morgan fingerprint density at radius 3 is 2.75 bits per heavy atom. The molecule has 0 bridgehead atoms. The van der Waals surface area contributed by atoms with Gasteiger partial charge in [0, 0.05) is 29.5 Å². The van der Waals surface area contributed by atoms with Crippen molar-refractivity contribution >= 4 is 27.8 Å². The Kier molecular flexibility index (Phi) is 3.97. The summed E-state index contributed by atoms with van der Waals surface area (Å²) in [6.07, 6.45) is 5.02. The largest absolute Gasteiger partial charge is 0.397 e. The molecule has 6 rings (SSSR count). The fraction of sp³-hybridized carbons (Fsp3) is 0. The lowest BCUT2D eigenvalue weighted by Crippen LogP contribution is -1.90. The predicted molar refractivity (Wildman–Crippen MR) is 122 cm³/mol. The van der Waals surface area contributed by atoms with Crippen molar-refractivity contribution in [1.82, 2.24) is 30.1 Å². The summed E-state index contributed by atoms with van der Waals surface area (Å²) in [5.41, 5.74) is 13.3. The maximum atomic E-state index is 13.8. The topological polar surface area (TPSA) is 109 Å². The third-order valence-electron chi connectivity index (χ3n) is 5.39. The second kappa shape index (κ2) is 6.98. The van der Waals surface area contributed by atoms with Crippen LogP contribution in [0.2, 0.25) is 0 Å². The van der Waals surface area contributed by atoms with E-state index >= 15 is 0 Å². The van der Waals surface area contributed by atoms with Crippen molar-refractivity contribution in [2.24, 2.45) is 0 Å². The minimum atomic E-state index is -0.283. The zero-order valence-corrected chi connectivity index (χ0v) is 16.7. The molecule has 0 amide bonds. The Morgan fingerprint density at radius 2 is 1.88 bits per heavy atom. The third-order valence-corrected chi connectivity index (χ3v) is 5.39. The third kappa shape index (κ3) is 2.97. The van der Waals surface area contributed by atoms with Gasteiger partial charge in [-0.15, -0.1) is 0 Å². The Bertz CT molecular complexity index is 1620. The summed E-state index contributed by atoms with van der Waals surface area (Å²) in [5.74, 6) is -0.283. The predicted octanol–water partition coefficient (Wildman–Crippen LogP) is 4.95. The van der Waals surface area contributed by atoms with Crippen LogP contribution in [-0.4, -0.2) is 30.1 Å². The number of anilines is 1. The van der Waals surface area contributed by atoms with Gasteiger partial charge in [0.2, 0.25) is 0 Å². The van der Waals surface area contributed by atoms with Gasteiger partial charge >= 0.3 is 0 Å². The van der Waals surface area contributed by atoms with E-state index in [2.05, 4.69) is 25.1 Å². The lowest BCUT2D eigenvalue weighted by molar-refractivity contribution is 0.628. The summed E-state index contributed by atoms with van der Waals surface area (Å²) >= 11 is 0. The zero-order chi connectivity index (χ0) is 21.7. The normalized spacial score (nSPS) is 11.4. The minimum Gasteiger partial charge on any atom is -0.397 e. The van der Waals surface area contributed by atoms with Crippen molar-refractivity contribution in [3.63, 3.8) is 0 Å². The van der Waals surface area contributed by atoms with Crippen LogP contribution in [0.5, 0.6) is 0 Å². The molecule has 0 fully saturated rings. The quantitative estimate of drug-likeness (QED) is 0.374. The highest BCUT2D eigenvalue weighted by molar-refractivity contribution is 5.99. The van der Waals surface area contributed by atoms with Gasteiger partial charge in [-0.2, -0.15) is 5.10 Å². The molecular formula is C24H16FN7. The number of nitrogens with two attached hydrogens (primary N) is 1. The second-order valence-electron chi connectivity index (χ2n) is 7.49. The van der Waals surface area contributed by atoms with Crippen molar-refractivity contribution in [3.05, 3.63) is 79.0 Å². The number of hydrogen-bond acceptors (Lipinski definition) is 5. The number of pyridine rings is 3. The van der Waals surface area contributed by atoms with Crippen LogP contribution in [0.15, 0.2) is 73.2 Å². The van der Waals surface area contributed by atoms with Crippen LogP contribution in [0.4, 0.5) is 10.1 Å². The van der Waals surface area contributed by atoms with Gasteiger partial charge in [0.1, 0.15) is 22.7 Å². The van der Waals surface area contributed by atoms with E-state index in [4.69, 9.17) is 10.7 Å². The number of halogens is 1. The molecule has 0 aliphatic rings. The number of nitrogens with zero attached hydrogens (tertiary/aromatic N) is 4. The standard InChI is InChI=1S/C24H16FN7/c25-15-3-1-2-13(8-15)17-6-7-28-24-18(17)10-21(30-24)23-22-20(31-32-23)5-4-19(29-22)14-9-16(26)12-27-11-14/h1-12H,26H2,(H,28,30)(H,31,32). The summed E-state index contributed by atoms with van der Waals surface area (Å²) < 4.78 is 13.8. The number of benzene rings is 1. The van der Waals surface area contributed by atoms with Gasteiger partial charge in [0.15, 0.2) is 0 Å². The van der Waals surface area contributed by atoms with Crippen LogP contribution in [0.25, 0.3) is 55.8 Å². The first-order valence-electron chi connectivity index (χ1n) is 9.96. The Balaban J connectivity index is 1.51. The number of aromatic amines is 2. The van der Waals surface area contributed by atoms with Gasteiger partial charge in [-0.25, -0.2) is 14.4 Å². The summed E-state index contributed by atoms with van der Waals surface area (Å²) in [5, 5.41) is 8.39. The molecule has 154 valence electrons. The molecule has 0 unspecified atom stereocenters. The van der Waals surface area contributed by atoms with Crippen molar-refractivity contribution in [2.45, 2.75) is 0 Å². The molecular weight excluding hydrogens is 405 g/mol. The van der Waals surface area contributed by atoms with Crippen LogP contribution < -0.4 is 5.73 Å². The first-order chi connectivity index (χ1) is 15.7. The highest BCUT2D eigenvalue weighted by Gasteiger charge is 2.16. The van der Waals surface area contributed by atoms with E-state index in [-0.39, 0.29) is 5.82 Å². The smallest absolute Gasteiger partial charge is 0.138 e. The number of nitrogens with one attached hydrogen (secondary N) is 2. The zero-order valence-electron chi connectivity index (χ0n) is 16.7. The molecule has 1 aromatic carbocycles. The molecule has 6 aromatic rings. The molecule has 0 aliphatic carbocycles. The van der Waals surface area contributed by atoms with E-state index in [9.17, 15) is 4.39 Å². The number of hydrogen-bond donors (Lipinski definition) is 3. The van der Waals surface area contributed by atoms with Gasteiger partial charge in [0.25, 0.3) is 0 Å². The van der Waals surface area contributed by atoms with Crippen LogP contribution in [-0.2, 0) is 0 Å². The Labute approximate surface area is 181 Å². The van der Waals surface area contributed by atoms with Gasteiger partial charge in [-0.3, -0.25) is 10.1 Å². The number of aromatic nitrogens is 6. The SMILES string of the molecule is Nc1cncc(-c2ccc3[nH]nc(-c4cc5c(-c6cccc(F)c6)ccnc5[nH]4)c3n2)c1. The van der Waals surface area contributed by atoms with Gasteiger partial charge in [-0.05, 0) is 53.6 Å². The van der Waals surface area contributed by atoms with E-state index in [0.29, 0.717) is 22.5 Å². The molecule has 0 spiro atoms. The average Bonchev–Trinajstić information content (AvgIpc) is 3.42. The fourth-order valence-electron chi connectivity index (χ4n) is 3.91. The molecule has 0 atom stereocenters. The van der Waals surface area contributed by atoms with E-state index in [0.717, 1.165) is 39.0 Å². The van der Waals surface area contributed by atoms with Gasteiger partial charge in [0.05, 0.1) is 22.6 Å². The van der Waals surface area contributed by atoms with Crippen LogP contribution in [0, 0.1) is 5.82 Å². The Morgan fingerprint density at radius 1 is 0.938 bits per heavy atom. The molecule has 32 heavy (non-hydrogen) atoms. The molecule has 8 heteroatoms. The summed E-state index contributed by atoms with van der Waals surface area (Å²) in [7, 11) is 0. The molecule has 7 nitrogen and oxygen atoms in total. The van der Waals surface area contributed by atoms with Crippen LogP contribution in [0.1, 0.15) is 0 Å². The van der Waals surface area contributed by atoms with E-state index in [1.54, 1.807) is 24.7 Å². The summed E-state index contributed by atoms with van der Waals surface area (Å²) in [6.45, 7) is 0. The van der Waals surface area contributed by atoms with E-state index in [1.165, 1.54) is 12.1 Å². The average molecular weight is 421 g/mol. The lowest BCUT2D eigenvalue weighted by Gasteiger charge is -2.03. The molecule has 5 heterocycles. The van der Waals surface area contributed by atoms with Crippen molar-refractivity contribution in [3.8, 4) is 33.8 Å². The second-order valence-corrected chi connectivity index (χ2v) is 7.49. The van der Waals surface area contributed by atoms with Gasteiger partial charge in [-0.1, -0.05) is 12.1 Å². The molecule has 0 aliphatic heterocycles. The van der Waals surface area contributed by atoms with E-state index in [1.807, 2.05) is 36.4 Å².